The SMILES string of the molecule is O=c1[nH]c(-c2ccc(OCCCN3CCCCC3)cn2)no1. The number of hydrogen-bond donors (Lipinski definition) is 1. The van der Waals surface area contributed by atoms with Crippen LogP contribution in [0.15, 0.2) is 27.6 Å². The first-order chi connectivity index (χ1) is 10.8. The maximum atomic E-state index is 10.9. The van der Waals surface area contributed by atoms with E-state index in [1.54, 1.807) is 12.3 Å². The predicted octanol–water partition coefficient (Wildman–Crippen LogP) is 1.68. The summed E-state index contributed by atoms with van der Waals surface area (Å²) in [5, 5.41) is 3.59. The molecule has 0 unspecified atom stereocenters. The Kier molecular flexibility index (Phi) is 4.85. The van der Waals surface area contributed by atoms with E-state index in [1.165, 1.54) is 32.4 Å². The summed E-state index contributed by atoms with van der Waals surface area (Å²) in [5.41, 5.74) is 0.548. The van der Waals surface area contributed by atoms with Gasteiger partial charge in [0.1, 0.15) is 11.4 Å². The van der Waals surface area contributed by atoms with Crippen LogP contribution in [-0.4, -0.2) is 46.3 Å². The molecule has 0 amide bonds. The Labute approximate surface area is 128 Å². The van der Waals surface area contributed by atoms with Crippen LogP contribution < -0.4 is 10.5 Å². The Bertz CT molecular complexity index is 629. The normalized spacial score (nSPS) is 15.8. The molecule has 0 aliphatic carbocycles. The highest BCUT2D eigenvalue weighted by Gasteiger charge is 2.09. The van der Waals surface area contributed by atoms with Crippen LogP contribution in [0, 0.1) is 0 Å². The molecular weight excluding hydrogens is 284 g/mol. The quantitative estimate of drug-likeness (QED) is 0.817. The molecule has 118 valence electrons. The third kappa shape index (κ3) is 3.94. The molecule has 1 aliphatic rings. The minimum absolute atomic E-state index is 0.321. The van der Waals surface area contributed by atoms with Crippen molar-refractivity contribution in [3.63, 3.8) is 0 Å². The average Bonchev–Trinajstić information content (AvgIpc) is 3.00. The molecule has 22 heavy (non-hydrogen) atoms. The van der Waals surface area contributed by atoms with E-state index < -0.39 is 5.76 Å². The third-order valence-electron chi connectivity index (χ3n) is 3.76. The molecule has 0 radical (unpaired) electrons. The van der Waals surface area contributed by atoms with Crippen molar-refractivity contribution in [2.24, 2.45) is 0 Å². The zero-order valence-corrected chi connectivity index (χ0v) is 12.5. The highest BCUT2D eigenvalue weighted by Crippen LogP contribution is 2.15. The van der Waals surface area contributed by atoms with Gasteiger partial charge in [-0.2, -0.15) is 0 Å². The van der Waals surface area contributed by atoms with E-state index in [1.807, 2.05) is 6.07 Å². The molecule has 0 atom stereocenters. The van der Waals surface area contributed by atoms with Crippen LogP contribution in [0.25, 0.3) is 11.5 Å². The van der Waals surface area contributed by atoms with Crippen LogP contribution >= 0.6 is 0 Å². The molecule has 1 fully saturated rings. The summed E-state index contributed by atoms with van der Waals surface area (Å²) in [6, 6.07) is 3.56. The number of likely N-dealkylation sites (tertiary alicyclic amines) is 1. The number of ether oxygens (including phenoxy) is 1. The minimum atomic E-state index is -0.588. The predicted molar refractivity (Wildman–Crippen MR) is 80.8 cm³/mol. The lowest BCUT2D eigenvalue weighted by Crippen LogP contribution is -2.31. The molecule has 1 aliphatic heterocycles. The van der Waals surface area contributed by atoms with E-state index in [4.69, 9.17) is 4.74 Å². The zero-order chi connectivity index (χ0) is 15.2. The lowest BCUT2D eigenvalue weighted by Gasteiger charge is -2.26. The highest BCUT2D eigenvalue weighted by molar-refractivity contribution is 5.48. The molecule has 0 aromatic carbocycles. The smallest absolute Gasteiger partial charge is 0.439 e. The minimum Gasteiger partial charge on any atom is -0.492 e. The van der Waals surface area contributed by atoms with E-state index in [9.17, 15) is 4.79 Å². The van der Waals surface area contributed by atoms with Gasteiger partial charge in [-0.1, -0.05) is 11.6 Å². The van der Waals surface area contributed by atoms with Gasteiger partial charge in [0.25, 0.3) is 0 Å². The van der Waals surface area contributed by atoms with Gasteiger partial charge in [0.15, 0.2) is 0 Å². The number of nitrogens with zero attached hydrogens (tertiary/aromatic N) is 3. The highest BCUT2D eigenvalue weighted by atomic mass is 16.5. The van der Waals surface area contributed by atoms with Crippen LogP contribution in [0.1, 0.15) is 25.7 Å². The van der Waals surface area contributed by atoms with Crippen LogP contribution in [0.4, 0.5) is 0 Å². The number of piperidine rings is 1. The van der Waals surface area contributed by atoms with E-state index in [0.717, 1.165) is 13.0 Å². The summed E-state index contributed by atoms with van der Waals surface area (Å²) in [5.74, 6) is 0.449. The molecule has 3 rings (SSSR count). The fraction of sp³-hybridized carbons (Fsp3) is 0.533. The van der Waals surface area contributed by atoms with Crippen molar-refractivity contribution in [3.8, 4) is 17.3 Å². The molecule has 2 aromatic heterocycles. The van der Waals surface area contributed by atoms with Crippen molar-refractivity contribution in [2.45, 2.75) is 25.7 Å². The van der Waals surface area contributed by atoms with Gasteiger partial charge in [-0.3, -0.25) is 9.51 Å². The summed E-state index contributed by atoms with van der Waals surface area (Å²) in [7, 11) is 0. The van der Waals surface area contributed by atoms with Gasteiger partial charge < -0.3 is 9.64 Å². The van der Waals surface area contributed by atoms with Crippen LogP contribution in [0.2, 0.25) is 0 Å². The van der Waals surface area contributed by atoms with Gasteiger partial charge in [-0.15, -0.1) is 0 Å². The van der Waals surface area contributed by atoms with Gasteiger partial charge in [0.05, 0.1) is 12.8 Å². The summed E-state index contributed by atoms with van der Waals surface area (Å²) in [4.78, 5) is 20.1. The number of aromatic amines is 1. The fourth-order valence-electron chi connectivity index (χ4n) is 2.61. The van der Waals surface area contributed by atoms with E-state index in [0.29, 0.717) is 23.9 Å². The number of pyridine rings is 1. The first-order valence-corrected chi connectivity index (χ1v) is 7.69. The van der Waals surface area contributed by atoms with Crippen molar-refractivity contribution in [1.82, 2.24) is 20.0 Å². The molecule has 1 N–H and O–H groups in total. The second kappa shape index (κ2) is 7.22. The second-order valence-corrected chi connectivity index (χ2v) is 5.43. The Balaban J connectivity index is 1.44. The number of nitrogens with one attached hydrogen (secondary N) is 1. The van der Waals surface area contributed by atoms with Crippen LogP contribution in [0.3, 0.4) is 0 Å². The molecule has 3 heterocycles. The van der Waals surface area contributed by atoms with E-state index in [2.05, 4.69) is 24.5 Å². The zero-order valence-electron chi connectivity index (χ0n) is 12.5. The van der Waals surface area contributed by atoms with Crippen molar-refractivity contribution in [2.75, 3.05) is 26.2 Å². The van der Waals surface area contributed by atoms with E-state index >= 15 is 0 Å². The van der Waals surface area contributed by atoms with Gasteiger partial charge in [-0.05, 0) is 44.5 Å². The topological polar surface area (TPSA) is 84.3 Å². The third-order valence-corrected chi connectivity index (χ3v) is 3.76. The number of rotatable bonds is 6. The lowest BCUT2D eigenvalue weighted by atomic mass is 10.1. The fourth-order valence-corrected chi connectivity index (χ4v) is 2.61. The number of H-pyrrole nitrogens is 1. The van der Waals surface area contributed by atoms with Crippen molar-refractivity contribution >= 4 is 0 Å². The number of aromatic nitrogens is 3. The van der Waals surface area contributed by atoms with Crippen molar-refractivity contribution in [1.29, 1.82) is 0 Å². The Morgan fingerprint density at radius 3 is 2.82 bits per heavy atom. The molecule has 1 saturated heterocycles. The number of hydrogen-bond acceptors (Lipinski definition) is 6. The average molecular weight is 304 g/mol. The Hall–Kier alpha value is -2.15. The molecule has 7 nitrogen and oxygen atoms in total. The van der Waals surface area contributed by atoms with Crippen LogP contribution in [0.5, 0.6) is 5.75 Å². The van der Waals surface area contributed by atoms with E-state index in [-0.39, 0.29) is 0 Å². The summed E-state index contributed by atoms with van der Waals surface area (Å²) in [6.07, 6.45) is 6.64. The standard InChI is InChI=1S/C15H20N4O3/c20-15-17-14(18-22-15)13-6-5-12(11-16-13)21-10-4-9-19-7-2-1-3-8-19/h5-6,11H,1-4,7-10H2,(H,17,18,20). The van der Waals surface area contributed by atoms with Crippen LogP contribution in [-0.2, 0) is 0 Å². The summed E-state index contributed by atoms with van der Waals surface area (Å²) in [6.45, 7) is 4.20. The maximum Gasteiger partial charge on any atom is 0.439 e. The van der Waals surface area contributed by atoms with Gasteiger partial charge in [0, 0.05) is 6.54 Å². The Morgan fingerprint density at radius 1 is 1.27 bits per heavy atom. The molecule has 7 heteroatoms. The largest absolute Gasteiger partial charge is 0.492 e. The maximum absolute atomic E-state index is 10.9. The lowest BCUT2D eigenvalue weighted by molar-refractivity contribution is 0.205. The molecule has 2 aromatic rings. The van der Waals surface area contributed by atoms with Crippen molar-refractivity contribution in [3.05, 3.63) is 28.9 Å². The van der Waals surface area contributed by atoms with Gasteiger partial charge in [-0.25, -0.2) is 9.78 Å². The van der Waals surface area contributed by atoms with Crippen molar-refractivity contribution < 1.29 is 9.26 Å². The molecular formula is C15H20N4O3. The van der Waals surface area contributed by atoms with Gasteiger partial charge in [0.2, 0.25) is 5.82 Å². The monoisotopic (exact) mass is 304 g/mol. The first-order valence-electron chi connectivity index (χ1n) is 7.69. The van der Waals surface area contributed by atoms with Gasteiger partial charge >= 0.3 is 5.76 Å². The molecule has 0 spiro atoms. The Morgan fingerprint density at radius 2 is 2.14 bits per heavy atom. The first kappa shape index (κ1) is 14.8. The molecule has 0 bridgehead atoms. The summed E-state index contributed by atoms with van der Waals surface area (Å²) < 4.78 is 10.1. The summed E-state index contributed by atoms with van der Waals surface area (Å²) >= 11 is 0. The molecule has 0 saturated carbocycles. The second-order valence-electron chi connectivity index (χ2n) is 5.43.